The van der Waals surface area contributed by atoms with Crippen molar-refractivity contribution in [2.45, 2.75) is 32.1 Å². The Morgan fingerprint density at radius 3 is 2.90 bits per heavy atom. The van der Waals surface area contributed by atoms with E-state index in [9.17, 15) is 9.59 Å². The Bertz CT molecular complexity index is 555. The van der Waals surface area contributed by atoms with Gasteiger partial charge >= 0.3 is 5.97 Å². The van der Waals surface area contributed by atoms with E-state index in [-0.39, 0.29) is 23.7 Å². The second-order valence-corrected chi connectivity index (χ2v) is 5.83. The molecule has 0 bridgehead atoms. The van der Waals surface area contributed by atoms with Crippen LogP contribution in [0.15, 0.2) is 24.3 Å². The van der Waals surface area contributed by atoms with Gasteiger partial charge in [0, 0.05) is 13.1 Å². The molecule has 112 valence electrons. The van der Waals surface area contributed by atoms with Gasteiger partial charge in [0.05, 0.1) is 18.4 Å². The molecule has 1 aliphatic carbocycles. The van der Waals surface area contributed by atoms with E-state index in [0.29, 0.717) is 13.2 Å². The number of piperidine rings is 1. The maximum atomic E-state index is 12.6. The lowest BCUT2D eigenvalue weighted by Gasteiger charge is -2.37. The van der Waals surface area contributed by atoms with Crippen LogP contribution in [0.25, 0.3) is 0 Å². The molecule has 1 aliphatic heterocycles. The van der Waals surface area contributed by atoms with Gasteiger partial charge in [-0.2, -0.15) is 0 Å². The van der Waals surface area contributed by atoms with Gasteiger partial charge in [-0.25, -0.2) is 0 Å². The van der Waals surface area contributed by atoms with E-state index in [1.165, 1.54) is 5.56 Å². The van der Waals surface area contributed by atoms with Gasteiger partial charge in [0.1, 0.15) is 0 Å². The standard InChI is InChI=1S/C17H21NO3/c1-2-21-17(20)13-7-5-9-18(11-13)16(19)15-10-12-6-3-4-8-14(12)15/h3-4,6,8,13,15H,2,5,7,9-11H2,1H3/t13-,15?/m0/s1. The Morgan fingerprint density at radius 1 is 1.33 bits per heavy atom. The minimum Gasteiger partial charge on any atom is -0.466 e. The fourth-order valence-electron chi connectivity index (χ4n) is 3.33. The minimum atomic E-state index is -0.163. The summed E-state index contributed by atoms with van der Waals surface area (Å²) >= 11 is 0. The Labute approximate surface area is 125 Å². The Kier molecular flexibility index (Phi) is 3.95. The molecule has 0 aromatic heterocycles. The largest absolute Gasteiger partial charge is 0.466 e. The first-order valence-corrected chi connectivity index (χ1v) is 7.74. The summed E-state index contributed by atoms with van der Waals surface area (Å²) < 4.78 is 5.09. The first-order chi connectivity index (χ1) is 10.2. The fourth-order valence-corrected chi connectivity index (χ4v) is 3.33. The molecule has 1 fully saturated rings. The zero-order valence-corrected chi connectivity index (χ0v) is 12.4. The average Bonchev–Trinajstić information content (AvgIpc) is 2.49. The highest BCUT2D eigenvalue weighted by atomic mass is 16.5. The molecule has 4 heteroatoms. The van der Waals surface area contributed by atoms with Gasteiger partial charge < -0.3 is 9.64 Å². The second kappa shape index (κ2) is 5.88. The second-order valence-electron chi connectivity index (χ2n) is 5.83. The highest BCUT2D eigenvalue weighted by Gasteiger charge is 2.37. The number of carbonyl (C=O) groups excluding carboxylic acids is 2. The van der Waals surface area contributed by atoms with Crippen LogP contribution in [0, 0.1) is 5.92 Å². The number of hydrogen-bond acceptors (Lipinski definition) is 3. The van der Waals surface area contributed by atoms with Crippen molar-refractivity contribution in [3.05, 3.63) is 35.4 Å². The number of benzene rings is 1. The first kappa shape index (κ1) is 14.1. The van der Waals surface area contributed by atoms with Crippen LogP contribution in [-0.4, -0.2) is 36.5 Å². The quantitative estimate of drug-likeness (QED) is 0.800. The van der Waals surface area contributed by atoms with E-state index in [1.54, 1.807) is 0 Å². The first-order valence-electron chi connectivity index (χ1n) is 7.74. The summed E-state index contributed by atoms with van der Waals surface area (Å²) in [5, 5.41) is 0. The molecule has 21 heavy (non-hydrogen) atoms. The van der Waals surface area contributed by atoms with E-state index in [4.69, 9.17) is 4.74 Å². The van der Waals surface area contributed by atoms with Gasteiger partial charge in [0.25, 0.3) is 0 Å². The highest BCUT2D eigenvalue weighted by Crippen LogP contribution is 2.37. The molecule has 1 amide bonds. The molecule has 1 aromatic rings. The normalized spacial score (nSPS) is 24.0. The SMILES string of the molecule is CCOC(=O)[C@H]1CCCN(C(=O)C2Cc3ccccc32)C1. The zero-order valence-electron chi connectivity index (χ0n) is 12.4. The molecule has 0 N–H and O–H groups in total. The van der Waals surface area contributed by atoms with Crippen molar-refractivity contribution < 1.29 is 14.3 Å². The number of hydrogen-bond donors (Lipinski definition) is 0. The molecule has 0 saturated carbocycles. The van der Waals surface area contributed by atoms with Crippen molar-refractivity contribution >= 4 is 11.9 Å². The van der Waals surface area contributed by atoms with E-state index in [2.05, 4.69) is 6.07 Å². The molecule has 3 rings (SSSR count). The summed E-state index contributed by atoms with van der Waals surface area (Å²) in [7, 11) is 0. The third-order valence-corrected chi connectivity index (χ3v) is 4.51. The summed E-state index contributed by atoms with van der Waals surface area (Å²) in [6.45, 7) is 3.48. The maximum Gasteiger partial charge on any atom is 0.310 e. The number of ether oxygens (including phenoxy) is 1. The van der Waals surface area contributed by atoms with Gasteiger partial charge in [-0.05, 0) is 37.3 Å². The van der Waals surface area contributed by atoms with Crippen molar-refractivity contribution in [1.82, 2.24) is 4.90 Å². The molecule has 2 atom stereocenters. The number of carbonyl (C=O) groups is 2. The predicted molar refractivity (Wildman–Crippen MR) is 78.8 cm³/mol. The molecular weight excluding hydrogens is 266 g/mol. The molecule has 0 spiro atoms. The predicted octanol–water partition coefficient (Wildman–Crippen LogP) is 2.13. The number of nitrogens with zero attached hydrogens (tertiary/aromatic N) is 1. The topological polar surface area (TPSA) is 46.6 Å². The fraction of sp³-hybridized carbons (Fsp3) is 0.529. The van der Waals surface area contributed by atoms with Crippen molar-refractivity contribution in [2.75, 3.05) is 19.7 Å². The molecule has 1 aromatic carbocycles. The van der Waals surface area contributed by atoms with Crippen LogP contribution in [0.1, 0.15) is 36.8 Å². The number of fused-ring (bicyclic) bond motifs is 1. The summed E-state index contributed by atoms with van der Waals surface area (Å²) in [6.07, 6.45) is 2.53. The van der Waals surface area contributed by atoms with Crippen LogP contribution >= 0.6 is 0 Å². The maximum absolute atomic E-state index is 12.6. The lowest BCUT2D eigenvalue weighted by molar-refractivity contribution is -0.151. The molecule has 2 aliphatic rings. The molecular formula is C17H21NO3. The third-order valence-electron chi connectivity index (χ3n) is 4.51. The lowest BCUT2D eigenvalue weighted by atomic mass is 9.76. The molecule has 1 saturated heterocycles. The van der Waals surface area contributed by atoms with Gasteiger partial charge in [0.2, 0.25) is 5.91 Å². The van der Waals surface area contributed by atoms with E-state index in [1.807, 2.05) is 30.0 Å². The zero-order chi connectivity index (χ0) is 14.8. The van der Waals surface area contributed by atoms with Crippen molar-refractivity contribution in [3.63, 3.8) is 0 Å². The summed E-state index contributed by atoms with van der Waals surface area (Å²) in [5.74, 6) is -0.160. The third kappa shape index (κ3) is 2.67. The Morgan fingerprint density at radius 2 is 2.14 bits per heavy atom. The van der Waals surface area contributed by atoms with E-state index in [0.717, 1.165) is 31.4 Å². The molecule has 4 nitrogen and oxygen atoms in total. The van der Waals surface area contributed by atoms with Crippen molar-refractivity contribution in [3.8, 4) is 0 Å². The van der Waals surface area contributed by atoms with Crippen molar-refractivity contribution in [2.24, 2.45) is 5.92 Å². The van der Waals surface area contributed by atoms with Gasteiger partial charge in [-0.1, -0.05) is 24.3 Å². The Balaban J connectivity index is 1.65. The van der Waals surface area contributed by atoms with Crippen LogP contribution in [0.2, 0.25) is 0 Å². The summed E-state index contributed by atoms with van der Waals surface area (Å²) in [4.78, 5) is 26.4. The van der Waals surface area contributed by atoms with Crippen LogP contribution in [-0.2, 0) is 20.7 Å². The summed E-state index contributed by atoms with van der Waals surface area (Å²) in [5.41, 5.74) is 2.43. The van der Waals surface area contributed by atoms with Crippen LogP contribution in [0.3, 0.4) is 0 Å². The lowest BCUT2D eigenvalue weighted by Crippen LogP contribution is -2.46. The minimum absolute atomic E-state index is 0.0119. The monoisotopic (exact) mass is 287 g/mol. The number of esters is 1. The van der Waals surface area contributed by atoms with Gasteiger partial charge in [0.15, 0.2) is 0 Å². The van der Waals surface area contributed by atoms with E-state index >= 15 is 0 Å². The number of rotatable bonds is 3. The van der Waals surface area contributed by atoms with E-state index < -0.39 is 0 Å². The van der Waals surface area contributed by atoms with Gasteiger partial charge in [-0.3, -0.25) is 9.59 Å². The average molecular weight is 287 g/mol. The highest BCUT2D eigenvalue weighted by molar-refractivity contribution is 5.87. The smallest absolute Gasteiger partial charge is 0.310 e. The number of likely N-dealkylation sites (tertiary alicyclic amines) is 1. The molecule has 1 unspecified atom stereocenters. The van der Waals surface area contributed by atoms with Crippen LogP contribution < -0.4 is 0 Å². The summed E-state index contributed by atoms with van der Waals surface area (Å²) in [6, 6.07) is 8.11. The van der Waals surface area contributed by atoms with Crippen molar-refractivity contribution in [1.29, 1.82) is 0 Å². The number of amides is 1. The van der Waals surface area contributed by atoms with Gasteiger partial charge in [-0.15, -0.1) is 0 Å². The Hall–Kier alpha value is -1.84. The van der Waals surface area contributed by atoms with Crippen LogP contribution in [0.5, 0.6) is 0 Å². The van der Waals surface area contributed by atoms with Crippen LogP contribution in [0.4, 0.5) is 0 Å². The molecule has 1 heterocycles. The molecule has 0 radical (unpaired) electrons.